The Balaban J connectivity index is 1.99. The van der Waals surface area contributed by atoms with Crippen molar-refractivity contribution in [3.63, 3.8) is 0 Å². The second kappa shape index (κ2) is 5.79. The highest BCUT2D eigenvalue weighted by Crippen LogP contribution is 2.31. The van der Waals surface area contributed by atoms with Crippen LogP contribution in [0.3, 0.4) is 0 Å². The summed E-state index contributed by atoms with van der Waals surface area (Å²) in [6.45, 7) is 1.40. The third-order valence-corrected chi connectivity index (χ3v) is 3.53. The molecule has 3 rings (SSSR count). The summed E-state index contributed by atoms with van der Waals surface area (Å²) in [5, 5.41) is 3.19. The molecule has 0 radical (unpaired) electrons. The van der Waals surface area contributed by atoms with E-state index in [-0.39, 0.29) is 5.92 Å². The standard InChI is InChI=1S/C16H14F3N3/c17-16(18,19)12-6-4-11(5-7-12)14(15-21-9-10-22-15)13-3-1-2-8-20-13/h1-8,14H,9-10H2,(H,21,22). The molecule has 1 aromatic heterocycles. The molecule has 2 heterocycles. The number of aromatic nitrogens is 1. The van der Waals surface area contributed by atoms with Gasteiger partial charge < -0.3 is 5.32 Å². The summed E-state index contributed by atoms with van der Waals surface area (Å²) < 4.78 is 38.1. The lowest BCUT2D eigenvalue weighted by Gasteiger charge is -2.18. The molecule has 1 aliphatic rings. The Kier molecular flexibility index (Phi) is 3.83. The first-order valence-corrected chi connectivity index (χ1v) is 6.92. The maximum Gasteiger partial charge on any atom is 0.416 e. The van der Waals surface area contributed by atoms with Crippen molar-refractivity contribution in [2.75, 3.05) is 13.1 Å². The highest BCUT2D eigenvalue weighted by Gasteiger charge is 2.31. The number of hydrogen-bond acceptors (Lipinski definition) is 3. The van der Waals surface area contributed by atoms with Crippen molar-refractivity contribution in [1.82, 2.24) is 10.3 Å². The van der Waals surface area contributed by atoms with Crippen LogP contribution in [0.15, 0.2) is 53.7 Å². The van der Waals surface area contributed by atoms with Crippen LogP contribution < -0.4 is 5.32 Å². The number of halogens is 3. The SMILES string of the molecule is FC(F)(F)c1ccc(C(C2=NCCN2)c2ccccn2)cc1. The molecule has 22 heavy (non-hydrogen) atoms. The predicted octanol–water partition coefficient (Wildman–Crippen LogP) is 3.23. The fourth-order valence-corrected chi connectivity index (χ4v) is 2.49. The molecule has 0 aliphatic carbocycles. The van der Waals surface area contributed by atoms with Crippen LogP contribution in [0.5, 0.6) is 0 Å². The highest BCUT2D eigenvalue weighted by molar-refractivity contribution is 5.92. The molecule has 6 heteroatoms. The van der Waals surface area contributed by atoms with Crippen LogP contribution in [-0.4, -0.2) is 23.9 Å². The first kappa shape index (κ1) is 14.6. The quantitative estimate of drug-likeness (QED) is 0.945. The van der Waals surface area contributed by atoms with E-state index in [1.807, 2.05) is 12.1 Å². The summed E-state index contributed by atoms with van der Waals surface area (Å²) in [5.74, 6) is 0.476. The van der Waals surface area contributed by atoms with Gasteiger partial charge in [0.2, 0.25) is 0 Å². The van der Waals surface area contributed by atoms with Gasteiger partial charge in [-0.3, -0.25) is 9.98 Å². The molecule has 0 bridgehead atoms. The number of aliphatic imine (C=N–C) groups is 1. The van der Waals surface area contributed by atoms with Gasteiger partial charge in [-0.15, -0.1) is 0 Å². The van der Waals surface area contributed by atoms with Gasteiger partial charge in [0.25, 0.3) is 0 Å². The summed E-state index contributed by atoms with van der Waals surface area (Å²) in [6.07, 6.45) is -2.66. The zero-order valence-corrected chi connectivity index (χ0v) is 11.6. The second-order valence-electron chi connectivity index (χ2n) is 5.00. The molecule has 0 saturated carbocycles. The average molecular weight is 305 g/mol. The first-order valence-electron chi connectivity index (χ1n) is 6.92. The number of benzene rings is 1. The Morgan fingerprint density at radius 3 is 2.36 bits per heavy atom. The van der Waals surface area contributed by atoms with E-state index in [4.69, 9.17) is 0 Å². The number of pyridine rings is 1. The van der Waals surface area contributed by atoms with E-state index < -0.39 is 11.7 Å². The van der Waals surface area contributed by atoms with Gasteiger partial charge in [0, 0.05) is 12.7 Å². The number of nitrogens with one attached hydrogen (secondary N) is 1. The van der Waals surface area contributed by atoms with Crippen molar-refractivity contribution < 1.29 is 13.2 Å². The lowest BCUT2D eigenvalue weighted by atomic mass is 9.93. The lowest BCUT2D eigenvalue weighted by Crippen LogP contribution is -2.27. The molecule has 1 unspecified atom stereocenters. The molecule has 1 N–H and O–H groups in total. The maximum absolute atomic E-state index is 12.7. The predicted molar refractivity (Wildman–Crippen MR) is 77.8 cm³/mol. The molecule has 1 aliphatic heterocycles. The molecule has 2 aromatic rings. The van der Waals surface area contributed by atoms with E-state index in [1.54, 1.807) is 12.3 Å². The Morgan fingerprint density at radius 1 is 1.05 bits per heavy atom. The third-order valence-electron chi connectivity index (χ3n) is 3.53. The van der Waals surface area contributed by atoms with E-state index in [2.05, 4.69) is 15.3 Å². The van der Waals surface area contributed by atoms with Crippen LogP contribution in [0.4, 0.5) is 13.2 Å². The Labute approximate surface area is 125 Å². The van der Waals surface area contributed by atoms with Crippen LogP contribution in [-0.2, 0) is 6.18 Å². The van der Waals surface area contributed by atoms with Crippen LogP contribution in [0.2, 0.25) is 0 Å². The van der Waals surface area contributed by atoms with Gasteiger partial charge in [0.15, 0.2) is 0 Å². The smallest absolute Gasteiger partial charge is 0.371 e. The van der Waals surface area contributed by atoms with Crippen molar-refractivity contribution in [2.45, 2.75) is 12.1 Å². The summed E-state index contributed by atoms with van der Waals surface area (Å²) in [7, 11) is 0. The van der Waals surface area contributed by atoms with Gasteiger partial charge in [-0.2, -0.15) is 13.2 Å². The Hall–Kier alpha value is -2.37. The van der Waals surface area contributed by atoms with E-state index in [1.165, 1.54) is 12.1 Å². The van der Waals surface area contributed by atoms with Gasteiger partial charge in [-0.1, -0.05) is 18.2 Å². The van der Waals surface area contributed by atoms with E-state index in [0.717, 1.165) is 35.8 Å². The number of nitrogens with zero attached hydrogens (tertiary/aromatic N) is 2. The van der Waals surface area contributed by atoms with Crippen molar-refractivity contribution in [2.24, 2.45) is 4.99 Å². The minimum absolute atomic E-state index is 0.272. The topological polar surface area (TPSA) is 37.3 Å². The van der Waals surface area contributed by atoms with Crippen molar-refractivity contribution in [3.05, 3.63) is 65.5 Å². The van der Waals surface area contributed by atoms with E-state index in [0.29, 0.717) is 6.54 Å². The molecule has 0 saturated heterocycles. The largest absolute Gasteiger partial charge is 0.416 e. The highest BCUT2D eigenvalue weighted by atomic mass is 19.4. The van der Waals surface area contributed by atoms with Gasteiger partial charge in [0.1, 0.15) is 5.84 Å². The van der Waals surface area contributed by atoms with Gasteiger partial charge in [-0.05, 0) is 29.8 Å². The van der Waals surface area contributed by atoms with Crippen LogP contribution in [0.25, 0.3) is 0 Å². The maximum atomic E-state index is 12.7. The summed E-state index contributed by atoms with van der Waals surface area (Å²) in [5.41, 5.74) is 0.840. The summed E-state index contributed by atoms with van der Waals surface area (Å²) >= 11 is 0. The molecule has 1 atom stereocenters. The fraction of sp³-hybridized carbons (Fsp3) is 0.250. The number of amidine groups is 1. The van der Waals surface area contributed by atoms with Crippen molar-refractivity contribution in [3.8, 4) is 0 Å². The summed E-state index contributed by atoms with van der Waals surface area (Å²) in [4.78, 5) is 8.73. The monoisotopic (exact) mass is 305 g/mol. The minimum Gasteiger partial charge on any atom is -0.371 e. The zero-order chi connectivity index (χ0) is 15.6. The first-order chi connectivity index (χ1) is 10.6. The average Bonchev–Trinajstić information content (AvgIpc) is 3.02. The van der Waals surface area contributed by atoms with Crippen molar-refractivity contribution in [1.29, 1.82) is 0 Å². The van der Waals surface area contributed by atoms with Crippen LogP contribution >= 0.6 is 0 Å². The van der Waals surface area contributed by atoms with Crippen LogP contribution in [0, 0.1) is 0 Å². The van der Waals surface area contributed by atoms with Crippen molar-refractivity contribution >= 4 is 5.84 Å². The van der Waals surface area contributed by atoms with Gasteiger partial charge >= 0.3 is 6.18 Å². The Bertz CT molecular complexity index is 663. The molecule has 3 nitrogen and oxygen atoms in total. The number of alkyl halides is 3. The molecule has 0 spiro atoms. The molecule has 1 aromatic carbocycles. The number of hydrogen-bond donors (Lipinski definition) is 1. The fourth-order valence-electron chi connectivity index (χ4n) is 2.49. The van der Waals surface area contributed by atoms with E-state index in [9.17, 15) is 13.2 Å². The lowest BCUT2D eigenvalue weighted by molar-refractivity contribution is -0.137. The van der Waals surface area contributed by atoms with Crippen LogP contribution in [0.1, 0.15) is 22.7 Å². The molecule has 0 amide bonds. The molecular weight excluding hydrogens is 291 g/mol. The second-order valence-corrected chi connectivity index (χ2v) is 5.00. The molecule has 0 fully saturated rings. The molecular formula is C16H14F3N3. The van der Waals surface area contributed by atoms with Gasteiger partial charge in [0.05, 0.1) is 23.7 Å². The number of rotatable bonds is 3. The normalized spacial score (nSPS) is 16.0. The summed E-state index contributed by atoms with van der Waals surface area (Å²) in [6, 6.07) is 10.7. The Morgan fingerprint density at radius 2 is 1.82 bits per heavy atom. The molecule has 114 valence electrons. The minimum atomic E-state index is -4.33. The van der Waals surface area contributed by atoms with E-state index >= 15 is 0 Å². The van der Waals surface area contributed by atoms with Gasteiger partial charge in [-0.25, -0.2) is 0 Å². The third kappa shape index (κ3) is 2.95. The zero-order valence-electron chi connectivity index (χ0n) is 11.6.